The Balaban J connectivity index is 2.02. The van der Waals surface area contributed by atoms with Gasteiger partial charge in [-0.3, -0.25) is 14.5 Å². The second-order valence-electron chi connectivity index (χ2n) is 5.61. The van der Waals surface area contributed by atoms with E-state index in [4.69, 9.17) is 11.6 Å². The van der Waals surface area contributed by atoms with E-state index >= 15 is 0 Å². The number of halogens is 1. The van der Waals surface area contributed by atoms with Gasteiger partial charge in [-0.1, -0.05) is 37.8 Å². The molecule has 7 heteroatoms. The van der Waals surface area contributed by atoms with Gasteiger partial charge in [0.25, 0.3) is 0 Å². The molecule has 22 heavy (non-hydrogen) atoms. The second-order valence-corrected chi connectivity index (χ2v) is 6.48. The molecule has 1 aliphatic heterocycles. The van der Waals surface area contributed by atoms with E-state index in [-0.39, 0.29) is 12.2 Å². The lowest BCUT2D eigenvalue weighted by molar-refractivity contribution is 0.0574. The molecule has 1 aromatic heterocycles. The predicted octanol–water partition coefficient (Wildman–Crippen LogP) is 4.02. The van der Waals surface area contributed by atoms with Crippen LogP contribution in [0.15, 0.2) is 18.3 Å². The van der Waals surface area contributed by atoms with E-state index in [2.05, 4.69) is 41.9 Å². The summed E-state index contributed by atoms with van der Waals surface area (Å²) < 4.78 is 1.47. The number of carbonyl (C=O) groups excluding carboxylic acids is 1. The van der Waals surface area contributed by atoms with Gasteiger partial charge in [-0.15, -0.1) is 0 Å². The average Bonchev–Trinajstić information content (AvgIpc) is 2.52. The van der Waals surface area contributed by atoms with Gasteiger partial charge in [0.1, 0.15) is 5.82 Å². The Morgan fingerprint density at radius 1 is 1.59 bits per heavy atom. The molecule has 1 N–H and O–H groups in total. The number of piperidine rings is 1. The van der Waals surface area contributed by atoms with Crippen LogP contribution in [-0.2, 0) is 0 Å². The van der Waals surface area contributed by atoms with E-state index in [0.717, 1.165) is 13.0 Å². The highest BCUT2D eigenvalue weighted by atomic mass is 35.5. The number of thiol groups is 1. The van der Waals surface area contributed by atoms with Crippen molar-refractivity contribution < 1.29 is 4.79 Å². The standard InChI is InChI=1S/C15H23ClN4OS/c1-3-14(19-9-5-4-6-11(19)2)20(22)15(21)18-13-8-7-12(16)10-17-13/h7-8,10-11,14,22H,3-6,9H2,1-2H3,(H,17,18,21). The van der Waals surface area contributed by atoms with Gasteiger partial charge in [0.05, 0.1) is 11.2 Å². The van der Waals surface area contributed by atoms with Crippen molar-refractivity contribution in [2.24, 2.45) is 0 Å². The summed E-state index contributed by atoms with van der Waals surface area (Å²) in [4.78, 5) is 18.8. The van der Waals surface area contributed by atoms with Crippen molar-refractivity contribution in [3.05, 3.63) is 23.4 Å². The molecule has 122 valence electrons. The number of anilines is 1. The first-order valence-corrected chi connectivity index (χ1v) is 8.47. The average molecular weight is 343 g/mol. The van der Waals surface area contributed by atoms with E-state index in [1.807, 2.05) is 0 Å². The van der Waals surface area contributed by atoms with Crippen LogP contribution in [0.3, 0.4) is 0 Å². The summed E-state index contributed by atoms with van der Waals surface area (Å²) in [5.41, 5.74) is 0. The maximum atomic E-state index is 12.4. The van der Waals surface area contributed by atoms with Crippen molar-refractivity contribution in [2.75, 3.05) is 11.9 Å². The van der Waals surface area contributed by atoms with Crippen molar-refractivity contribution in [3.63, 3.8) is 0 Å². The maximum absolute atomic E-state index is 12.4. The van der Waals surface area contributed by atoms with E-state index in [0.29, 0.717) is 16.9 Å². The van der Waals surface area contributed by atoms with Crippen LogP contribution in [0.25, 0.3) is 0 Å². The second kappa shape index (κ2) is 8.04. The Morgan fingerprint density at radius 2 is 2.36 bits per heavy atom. The van der Waals surface area contributed by atoms with Gasteiger partial charge in [-0.25, -0.2) is 9.78 Å². The number of likely N-dealkylation sites (tertiary alicyclic amines) is 1. The largest absolute Gasteiger partial charge is 0.334 e. The highest BCUT2D eigenvalue weighted by Gasteiger charge is 2.30. The monoisotopic (exact) mass is 342 g/mol. The van der Waals surface area contributed by atoms with E-state index in [1.165, 1.54) is 29.8 Å². The number of pyridine rings is 1. The number of amides is 2. The van der Waals surface area contributed by atoms with Gasteiger partial charge in [-0.2, -0.15) is 0 Å². The number of nitrogens with one attached hydrogen (secondary N) is 1. The zero-order chi connectivity index (χ0) is 16.1. The summed E-state index contributed by atoms with van der Waals surface area (Å²) in [6.45, 7) is 5.29. The van der Waals surface area contributed by atoms with Crippen molar-refractivity contribution in [1.29, 1.82) is 0 Å². The Labute approximate surface area is 142 Å². The third-order valence-electron chi connectivity index (χ3n) is 4.06. The van der Waals surface area contributed by atoms with Crippen LogP contribution in [0.2, 0.25) is 5.02 Å². The number of nitrogens with zero attached hydrogens (tertiary/aromatic N) is 3. The van der Waals surface area contributed by atoms with Gasteiger partial charge in [-0.05, 0) is 38.3 Å². The summed E-state index contributed by atoms with van der Waals surface area (Å²) in [6, 6.07) is 3.56. The lowest BCUT2D eigenvalue weighted by Crippen LogP contribution is -2.52. The number of aromatic nitrogens is 1. The minimum atomic E-state index is -0.275. The number of rotatable bonds is 4. The van der Waals surface area contributed by atoms with Crippen LogP contribution in [0.5, 0.6) is 0 Å². The van der Waals surface area contributed by atoms with Crippen molar-refractivity contribution in [1.82, 2.24) is 14.2 Å². The molecule has 0 spiro atoms. The summed E-state index contributed by atoms with van der Waals surface area (Å²) in [7, 11) is 0. The number of urea groups is 1. The van der Waals surface area contributed by atoms with Crippen LogP contribution < -0.4 is 5.32 Å². The van der Waals surface area contributed by atoms with Crippen LogP contribution in [0.1, 0.15) is 39.5 Å². The lowest BCUT2D eigenvalue weighted by Gasteiger charge is -2.42. The lowest BCUT2D eigenvalue weighted by atomic mass is 10.0. The molecule has 2 heterocycles. The van der Waals surface area contributed by atoms with Gasteiger partial charge in [0, 0.05) is 18.8 Å². The molecule has 2 atom stereocenters. The summed E-state index contributed by atoms with van der Waals surface area (Å²) in [5, 5.41) is 3.29. The van der Waals surface area contributed by atoms with Crippen LogP contribution in [0.4, 0.5) is 10.6 Å². The molecule has 1 aromatic rings. The Hall–Kier alpha value is -0.980. The summed E-state index contributed by atoms with van der Waals surface area (Å²) in [6.07, 6.45) is 5.90. The van der Waals surface area contributed by atoms with E-state index in [1.54, 1.807) is 12.1 Å². The molecule has 1 saturated heterocycles. The SMILES string of the molecule is CCC(N(S)C(=O)Nc1ccc(Cl)cn1)N1CCCCC1C. The molecule has 5 nitrogen and oxygen atoms in total. The normalized spacial score (nSPS) is 20.5. The fourth-order valence-electron chi connectivity index (χ4n) is 2.86. The van der Waals surface area contributed by atoms with E-state index < -0.39 is 0 Å². The fourth-order valence-corrected chi connectivity index (χ4v) is 3.32. The molecule has 0 bridgehead atoms. The van der Waals surface area contributed by atoms with Gasteiger partial charge < -0.3 is 0 Å². The van der Waals surface area contributed by atoms with Crippen LogP contribution >= 0.6 is 24.4 Å². The highest BCUT2D eigenvalue weighted by molar-refractivity contribution is 7.78. The minimum Gasteiger partial charge on any atom is -0.291 e. The molecule has 2 amide bonds. The molecule has 0 radical (unpaired) electrons. The molecule has 2 rings (SSSR count). The topological polar surface area (TPSA) is 48.5 Å². The van der Waals surface area contributed by atoms with Crippen molar-refractivity contribution >= 4 is 36.3 Å². The summed E-state index contributed by atoms with van der Waals surface area (Å²) >= 11 is 10.2. The zero-order valence-electron chi connectivity index (χ0n) is 13.0. The van der Waals surface area contributed by atoms with Gasteiger partial charge >= 0.3 is 6.03 Å². The maximum Gasteiger partial charge on any atom is 0.334 e. The Kier molecular flexibility index (Phi) is 6.35. The predicted molar refractivity (Wildman–Crippen MR) is 93.2 cm³/mol. The van der Waals surface area contributed by atoms with Crippen molar-refractivity contribution in [2.45, 2.75) is 51.7 Å². The Bertz CT molecular complexity index is 499. The first-order chi connectivity index (χ1) is 10.5. The quantitative estimate of drug-likeness (QED) is 0.812. The van der Waals surface area contributed by atoms with Gasteiger partial charge in [0.15, 0.2) is 0 Å². The van der Waals surface area contributed by atoms with Crippen molar-refractivity contribution in [3.8, 4) is 0 Å². The molecule has 1 aliphatic rings. The number of hydrogen-bond acceptors (Lipinski definition) is 4. The molecular weight excluding hydrogens is 320 g/mol. The molecule has 0 aliphatic carbocycles. The number of carbonyl (C=O) groups is 1. The molecule has 0 saturated carbocycles. The first-order valence-electron chi connectivity index (χ1n) is 7.69. The third kappa shape index (κ3) is 4.27. The zero-order valence-corrected chi connectivity index (χ0v) is 14.6. The Morgan fingerprint density at radius 3 is 2.95 bits per heavy atom. The minimum absolute atomic E-state index is 0.0223. The first kappa shape index (κ1) is 17.4. The molecule has 2 unspecified atom stereocenters. The summed E-state index contributed by atoms with van der Waals surface area (Å²) in [5.74, 6) is 0.468. The third-order valence-corrected chi connectivity index (χ3v) is 4.73. The van der Waals surface area contributed by atoms with E-state index in [9.17, 15) is 4.79 Å². The molecule has 0 aromatic carbocycles. The fraction of sp³-hybridized carbons (Fsp3) is 0.600. The molecule has 1 fully saturated rings. The molecular formula is C15H23ClN4OS. The van der Waals surface area contributed by atoms with Crippen LogP contribution in [-0.4, -0.2) is 39.0 Å². The van der Waals surface area contributed by atoms with Crippen LogP contribution in [0, 0.1) is 0 Å². The smallest absolute Gasteiger partial charge is 0.291 e. The highest BCUT2D eigenvalue weighted by Crippen LogP contribution is 2.24. The number of hydrogen-bond donors (Lipinski definition) is 2. The van der Waals surface area contributed by atoms with Gasteiger partial charge in [0.2, 0.25) is 0 Å².